The standard InChI is InChI=1S/C13H13Cl2FN4/c1-6(2)13-18-10(17)5-11(20-13)19-12-8(14)3-7(16)4-9(12)15/h3-6H,1-2H3,(H3,17,18,19,20). The summed E-state index contributed by atoms with van der Waals surface area (Å²) in [5.41, 5.74) is 6.11. The molecule has 20 heavy (non-hydrogen) atoms. The van der Waals surface area contributed by atoms with E-state index in [0.717, 1.165) is 0 Å². The first-order chi connectivity index (χ1) is 9.36. The summed E-state index contributed by atoms with van der Waals surface area (Å²) in [7, 11) is 0. The fourth-order valence-electron chi connectivity index (χ4n) is 1.60. The second-order valence-corrected chi connectivity index (χ2v) is 5.37. The zero-order valence-electron chi connectivity index (χ0n) is 10.9. The Labute approximate surface area is 126 Å². The SMILES string of the molecule is CC(C)c1nc(N)cc(Nc2c(Cl)cc(F)cc2Cl)n1. The molecule has 106 valence electrons. The highest BCUT2D eigenvalue weighted by molar-refractivity contribution is 6.39. The van der Waals surface area contributed by atoms with E-state index < -0.39 is 5.82 Å². The van der Waals surface area contributed by atoms with Gasteiger partial charge in [-0.15, -0.1) is 0 Å². The Morgan fingerprint density at radius 2 is 1.75 bits per heavy atom. The Morgan fingerprint density at radius 3 is 2.30 bits per heavy atom. The smallest absolute Gasteiger partial charge is 0.136 e. The molecule has 1 heterocycles. The minimum absolute atomic E-state index is 0.123. The molecule has 0 aliphatic heterocycles. The minimum atomic E-state index is -0.504. The number of halogens is 3. The van der Waals surface area contributed by atoms with E-state index in [1.54, 1.807) is 6.07 Å². The first-order valence-corrected chi connectivity index (χ1v) is 6.68. The van der Waals surface area contributed by atoms with Crippen LogP contribution in [0.15, 0.2) is 18.2 Å². The molecule has 0 bridgehead atoms. The van der Waals surface area contributed by atoms with Crippen LogP contribution in [-0.2, 0) is 0 Å². The predicted octanol–water partition coefficient (Wildman–Crippen LogP) is 4.37. The number of nitrogens with two attached hydrogens (primary N) is 1. The number of hydrogen-bond donors (Lipinski definition) is 2. The van der Waals surface area contributed by atoms with Crippen LogP contribution < -0.4 is 11.1 Å². The van der Waals surface area contributed by atoms with Gasteiger partial charge in [0.15, 0.2) is 0 Å². The summed E-state index contributed by atoms with van der Waals surface area (Å²) in [6.07, 6.45) is 0. The highest BCUT2D eigenvalue weighted by Gasteiger charge is 2.12. The van der Waals surface area contributed by atoms with E-state index in [1.165, 1.54) is 12.1 Å². The molecule has 2 rings (SSSR count). The zero-order chi connectivity index (χ0) is 14.9. The second-order valence-electron chi connectivity index (χ2n) is 4.56. The molecule has 0 atom stereocenters. The first kappa shape index (κ1) is 14.8. The summed E-state index contributed by atoms with van der Waals surface area (Å²) < 4.78 is 13.1. The Bertz CT molecular complexity index is 623. The van der Waals surface area contributed by atoms with Crippen molar-refractivity contribution in [3.05, 3.63) is 39.9 Å². The second kappa shape index (κ2) is 5.81. The van der Waals surface area contributed by atoms with Gasteiger partial charge in [-0.2, -0.15) is 0 Å². The molecular formula is C13H13Cl2FN4. The number of aromatic nitrogens is 2. The Hall–Kier alpha value is -1.59. The third kappa shape index (κ3) is 3.29. The van der Waals surface area contributed by atoms with Crippen molar-refractivity contribution < 1.29 is 4.39 Å². The fourth-order valence-corrected chi connectivity index (χ4v) is 2.15. The van der Waals surface area contributed by atoms with Crippen molar-refractivity contribution in [3.63, 3.8) is 0 Å². The summed E-state index contributed by atoms with van der Waals surface area (Å²) in [6, 6.07) is 3.90. The molecule has 0 aliphatic carbocycles. The first-order valence-electron chi connectivity index (χ1n) is 5.93. The molecule has 1 aromatic carbocycles. The minimum Gasteiger partial charge on any atom is -0.384 e. The van der Waals surface area contributed by atoms with E-state index in [9.17, 15) is 4.39 Å². The van der Waals surface area contributed by atoms with Crippen LogP contribution in [0.4, 0.5) is 21.7 Å². The van der Waals surface area contributed by atoms with E-state index in [0.29, 0.717) is 23.1 Å². The zero-order valence-corrected chi connectivity index (χ0v) is 12.4. The lowest BCUT2D eigenvalue weighted by Gasteiger charge is -2.12. The lowest BCUT2D eigenvalue weighted by molar-refractivity contribution is 0.628. The van der Waals surface area contributed by atoms with Crippen LogP contribution in [0.2, 0.25) is 10.0 Å². The third-order valence-corrected chi connectivity index (χ3v) is 3.14. The summed E-state index contributed by atoms with van der Waals surface area (Å²) in [5.74, 6) is 1.01. The lowest BCUT2D eigenvalue weighted by Crippen LogP contribution is -2.05. The van der Waals surface area contributed by atoms with Gasteiger partial charge in [0.1, 0.15) is 23.3 Å². The van der Waals surface area contributed by atoms with Gasteiger partial charge < -0.3 is 11.1 Å². The van der Waals surface area contributed by atoms with Crippen LogP contribution in [0.5, 0.6) is 0 Å². The van der Waals surface area contributed by atoms with Crippen LogP contribution in [0.1, 0.15) is 25.6 Å². The predicted molar refractivity (Wildman–Crippen MR) is 80.2 cm³/mol. The Kier molecular flexibility index (Phi) is 4.30. The maximum Gasteiger partial charge on any atom is 0.136 e. The fraction of sp³-hybridized carbons (Fsp3) is 0.231. The van der Waals surface area contributed by atoms with E-state index in [2.05, 4.69) is 15.3 Å². The molecular weight excluding hydrogens is 302 g/mol. The van der Waals surface area contributed by atoms with Gasteiger partial charge in [-0.3, -0.25) is 0 Å². The monoisotopic (exact) mass is 314 g/mol. The van der Waals surface area contributed by atoms with Crippen LogP contribution in [-0.4, -0.2) is 9.97 Å². The number of anilines is 3. The molecule has 0 radical (unpaired) electrons. The summed E-state index contributed by atoms with van der Waals surface area (Å²) >= 11 is 11.9. The molecule has 4 nitrogen and oxygen atoms in total. The van der Waals surface area contributed by atoms with Crippen molar-refractivity contribution >= 4 is 40.5 Å². The van der Waals surface area contributed by atoms with E-state index in [4.69, 9.17) is 28.9 Å². The highest BCUT2D eigenvalue weighted by atomic mass is 35.5. The van der Waals surface area contributed by atoms with Crippen molar-refractivity contribution in [1.82, 2.24) is 9.97 Å². The van der Waals surface area contributed by atoms with E-state index in [-0.39, 0.29) is 16.0 Å². The normalized spacial score (nSPS) is 10.9. The van der Waals surface area contributed by atoms with Gasteiger partial charge in [0.25, 0.3) is 0 Å². The Morgan fingerprint density at radius 1 is 1.15 bits per heavy atom. The van der Waals surface area contributed by atoms with Crippen molar-refractivity contribution in [3.8, 4) is 0 Å². The molecule has 2 aromatic rings. The molecule has 0 spiro atoms. The van der Waals surface area contributed by atoms with Gasteiger partial charge in [0, 0.05) is 12.0 Å². The van der Waals surface area contributed by atoms with Crippen LogP contribution in [0, 0.1) is 5.82 Å². The number of benzene rings is 1. The summed E-state index contributed by atoms with van der Waals surface area (Å²) in [5, 5.41) is 3.27. The average molecular weight is 315 g/mol. The van der Waals surface area contributed by atoms with Crippen LogP contribution in [0.3, 0.4) is 0 Å². The third-order valence-electron chi connectivity index (χ3n) is 2.54. The van der Waals surface area contributed by atoms with Gasteiger partial charge >= 0.3 is 0 Å². The number of hydrogen-bond acceptors (Lipinski definition) is 4. The molecule has 0 unspecified atom stereocenters. The van der Waals surface area contributed by atoms with Crippen molar-refractivity contribution in [2.24, 2.45) is 0 Å². The van der Waals surface area contributed by atoms with Crippen molar-refractivity contribution in [2.75, 3.05) is 11.1 Å². The van der Waals surface area contributed by atoms with Gasteiger partial charge in [0.2, 0.25) is 0 Å². The maximum atomic E-state index is 13.1. The number of nitrogen functional groups attached to an aromatic ring is 1. The number of nitrogens with zero attached hydrogens (tertiary/aromatic N) is 2. The van der Waals surface area contributed by atoms with E-state index in [1.807, 2.05) is 13.8 Å². The average Bonchev–Trinajstić information content (AvgIpc) is 2.33. The van der Waals surface area contributed by atoms with Crippen LogP contribution >= 0.6 is 23.2 Å². The van der Waals surface area contributed by atoms with Gasteiger partial charge in [0.05, 0.1) is 15.7 Å². The molecule has 1 aromatic heterocycles. The molecule has 0 fully saturated rings. The highest BCUT2D eigenvalue weighted by Crippen LogP contribution is 2.33. The van der Waals surface area contributed by atoms with E-state index >= 15 is 0 Å². The molecule has 0 amide bonds. The quantitative estimate of drug-likeness (QED) is 0.882. The Balaban J connectivity index is 2.40. The molecule has 0 saturated heterocycles. The van der Waals surface area contributed by atoms with Crippen molar-refractivity contribution in [2.45, 2.75) is 19.8 Å². The van der Waals surface area contributed by atoms with Gasteiger partial charge in [-0.05, 0) is 12.1 Å². The lowest BCUT2D eigenvalue weighted by atomic mass is 10.2. The summed E-state index contributed by atoms with van der Waals surface area (Å²) in [4.78, 5) is 8.45. The largest absolute Gasteiger partial charge is 0.384 e. The van der Waals surface area contributed by atoms with Crippen LogP contribution in [0.25, 0.3) is 0 Å². The molecule has 7 heteroatoms. The van der Waals surface area contributed by atoms with Gasteiger partial charge in [-0.1, -0.05) is 37.0 Å². The van der Waals surface area contributed by atoms with Crippen molar-refractivity contribution in [1.29, 1.82) is 0 Å². The maximum absolute atomic E-state index is 13.1. The molecule has 0 saturated carbocycles. The molecule has 3 N–H and O–H groups in total. The summed E-state index contributed by atoms with van der Waals surface area (Å²) in [6.45, 7) is 3.91. The number of rotatable bonds is 3. The topological polar surface area (TPSA) is 63.8 Å². The number of nitrogens with one attached hydrogen (secondary N) is 1. The van der Waals surface area contributed by atoms with Gasteiger partial charge in [-0.25, -0.2) is 14.4 Å². The molecule has 0 aliphatic rings.